The van der Waals surface area contributed by atoms with Crippen LogP contribution in [0.3, 0.4) is 0 Å². The lowest BCUT2D eigenvalue weighted by Crippen LogP contribution is -2.31. The molecule has 2 atom stereocenters. The van der Waals surface area contributed by atoms with Crippen LogP contribution in [0.25, 0.3) is 0 Å². The Labute approximate surface area is 125 Å². The van der Waals surface area contributed by atoms with Gasteiger partial charge >= 0.3 is 0 Å². The summed E-state index contributed by atoms with van der Waals surface area (Å²) in [6, 6.07) is 5.81. The second kappa shape index (κ2) is 7.31. The number of nitrogens with two attached hydrogens (primary N) is 1. The fourth-order valence-electron chi connectivity index (χ4n) is 2.82. The van der Waals surface area contributed by atoms with Gasteiger partial charge in [-0.15, -0.1) is 0 Å². The topological polar surface area (TPSA) is 73.6 Å². The molecule has 1 saturated carbocycles. The van der Waals surface area contributed by atoms with Crippen LogP contribution in [0.15, 0.2) is 18.2 Å². The SMILES string of the molecule is COc1ccc(CNC(=O)C[C@@H]2CCC[C@H]2N)cc1OC. The minimum Gasteiger partial charge on any atom is -0.493 e. The molecule has 5 nitrogen and oxygen atoms in total. The average molecular weight is 292 g/mol. The molecule has 116 valence electrons. The second-order valence-corrected chi connectivity index (χ2v) is 5.53. The number of hydrogen-bond acceptors (Lipinski definition) is 4. The highest BCUT2D eigenvalue weighted by Gasteiger charge is 2.25. The molecule has 0 spiro atoms. The van der Waals surface area contributed by atoms with E-state index in [1.807, 2.05) is 18.2 Å². The molecule has 1 aliphatic carbocycles. The number of carbonyl (C=O) groups is 1. The number of carbonyl (C=O) groups excluding carboxylic acids is 1. The van der Waals surface area contributed by atoms with Gasteiger partial charge in [0.15, 0.2) is 11.5 Å². The van der Waals surface area contributed by atoms with E-state index in [0.29, 0.717) is 30.4 Å². The predicted octanol–water partition coefficient (Wildman–Crippen LogP) is 1.84. The summed E-state index contributed by atoms with van der Waals surface area (Å²) in [7, 11) is 3.20. The lowest BCUT2D eigenvalue weighted by atomic mass is 10.00. The molecule has 5 heteroatoms. The van der Waals surface area contributed by atoms with Crippen molar-refractivity contribution in [1.82, 2.24) is 5.32 Å². The van der Waals surface area contributed by atoms with E-state index in [2.05, 4.69) is 5.32 Å². The van der Waals surface area contributed by atoms with E-state index in [0.717, 1.165) is 24.8 Å². The minimum atomic E-state index is 0.0622. The lowest BCUT2D eigenvalue weighted by molar-refractivity contribution is -0.122. The first-order chi connectivity index (χ1) is 10.1. The van der Waals surface area contributed by atoms with Gasteiger partial charge in [-0.3, -0.25) is 4.79 Å². The van der Waals surface area contributed by atoms with E-state index < -0.39 is 0 Å². The van der Waals surface area contributed by atoms with Gasteiger partial charge in [-0.25, -0.2) is 0 Å². The van der Waals surface area contributed by atoms with Crippen molar-refractivity contribution in [3.05, 3.63) is 23.8 Å². The van der Waals surface area contributed by atoms with Crippen molar-refractivity contribution in [2.24, 2.45) is 11.7 Å². The minimum absolute atomic E-state index is 0.0622. The summed E-state index contributed by atoms with van der Waals surface area (Å²) in [4.78, 5) is 12.0. The molecule has 0 saturated heterocycles. The molecule has 21 heavy (non-hydrogen) atoms. The van der Waals surface area contributed by atoms with Crippen molar-refractivity contribution in [3.63, 3.8) is 0 Å². The summed E-state index contributed by atoms with van der Waals surface area (Å²) in [5, 5.41) is 2.94. The van der Waals surface area contributed by atoms with Crippen LogP contribution in [0.2, 0.25) is 0 Å². The van der Waals surface area contributed by atoms with Crippen LogP contribution in [0.5, 0.6) is 11.5 Å². The molecule has 2 rings (SSSR count). The van der Waals surface area contributed by atoms with Gasteiger partial charge in [0.25, 0.3) is 0 Å². The summed E-state index contributed by atoms with van der Waals surface area (Å²) in [5.41, 5.74) is 6.98. The van der Waals surface area contributed by atoms with Gasteiger partial charge in [-0.2, -0.15) is 0 Å². The van der Waals surface area contributed by atoms with Gasteiger partial charge in [0.1, 0.15) is 0 Å². The molecule has 0 aromatic heterocycles. The molecule has 0 bridgehead atoms. The number of hydrogen-bond donors (Lipinski definition) is 2. The quantitative estimate of drug-likeness (QED) is 0.839. The van der Waals surface area contributed by atoms with Crippen molar-refractivity contribution in [2.45, 2.75) is 38.3 Å². The molecule has 0 unspecified atom stereocenters. The van der Waals surface area contributed by atoms with Gasteiger partial charge < -0.3 is 20.5 Å². The van der Waals surface area contributed by atoms with E-state index in [1.54, 1.807) is 14.2 Å². The molecule has 1 amide bonds. The van der Waals surface area contributed by atoms with Crippen molar-refractivity contribution in [1.29, 1.82) is 0 Å². The van der Waals surface area contributed by atoms with E-state index in [1.165, 1.54) is 0 Å². The Balaban J connectivity index is 1.86. The van der Waals surface area contributed by atoms with E-state index in [9.17, 15) is 4.79 Å². The third-order valence-corrected chi connectivity index (χ3v) is 4.10. The Morgan fingerprint density at radius 2 is 2.05 bits per heavy atom. The van der Waals surface area contributed by atoms with Crippen LogP contribution >= 0.6 is 0 Å². The molecule has 1 fully saturated rings. The number of ether oxygens (including phenoxy) is 2. The molecular formula is C16H24N2O3. The number of benzene rings is 1. The maximum absolute atomic E-state index is 12.0. The zero-order valence-electron chi connectivity index (χ0n) is 12.7. The van der Waals surface area contributed by atoms with Crippen molar-refractivity contribution < 1.29 is 14.3 Å². The zero-order chi connectivity index (χ0) is 15.2. The first kappa shape index (κ1) is 15.6. The summed E-state index contributed by atoms with van der Waals surface area (Å²) < 4.78 is 10.4. The van der Waals surface area contributed by atoms with Crippen molar-refractivity contribution >= 4 is 5.91 Å². The molecule has 0 aliphatic heterocycles. The van der Waals surface area contributed by atoms with Crippen molar-refractivity contribution in [2.75, 3.05) is 14.2 Å². The van der Waals surface area contributed by atoms with Crippen molar-refractivity contribution in [3.8, 4) is 11.5 Å². The summed E-state index contributed by atoms with van der Waals surface area (Å²) in [6.45, 7) is 0.487. The smallest absolute Gasteiger partial charge is 0.220 e. The van der Waals surface area contributed by atoms with E-state index in [-0.39, 0.29) is 11.9 Å². The summed E-state index contributed by atoms with van der Waals surface area (Å²) >= 11 is 0. The van der Waals surface area contributed by atoms with Gasteiger partial charge in [0.2, 0.25) is 5.91 Å². The molecule has 1 aromatic rings. The average Bonchev–Trinajstić information content (AvgIpc) is 2.90. The van der Waals surface area contributed by atoms with Crippen LogP contribution in [0.1, 0.15) is 31.2 Å². The van der Waals surface area contributed by atoms with Gasteiger partial charge in [0, 0.05) is 19.0 Å². The monoisotopic (exact) mass is 292 g/mol. The Bertz CT molecular complexity index is 490. The summed E-state index contributed by atoms with van der Waals surface area (Å²) in [5.74, 6) is 1.74. The van der Waals surface area contributed by atoms with Crippen LogP contribution in [0, 0.1) is 5.92 Å². The van der Waals surface area contributed by atoms with Crippen LogP contribution in [0.4, 0.5) is 0 Å². The molecule has 3 N–H and O–H groups in total. The van der Waals surface area contributed by atoms with E-state index in [4.69, 9.17) is 15.2 Å². The fraction of sp³-hybridized carbons (Fsp3) is 0.562. The Morgan fingerprint density at radius 1 is 1.29 bits per heavy atom. The van der Waals surface area contributed by atoms with Gasteiger partial charge in [-0.1, -0.05) is 12.5 Å². The van der Waals surface area contributed by atoms with E-state index >= 15 is 0 Å². The van der Waals surface area contributed by atoms with Gasteiger partial charge in [0.05, 0.1) is 14.2 Å². The number of nitrogens with one attached hydrogen (secondary N) is 1. The largest absolute Gasteiger partial charge is 0.493 e. The third-order valence-electron chi connectivity index (χ3n) is 4.10. The first-order valence-electron chi connectivity index (χ1n) is 7.37. The third kappa shape index (κ3) is 4.11. The van der Waals surface area contributed by atoms with Crippen LogP contribution < -0.4 is 20.5 Å². The normalized spacial score (nSPS) is 21.1. The zero-order valence-corrected chi connectivity index (χ0v) is 12.7. The molecule has 0 heterocycles. The Hall–Kier alpha value is -1.75. The maximum atomic E-state index is 12.0. The Morgan fingerprint density at radius 3 is 2.67 bits per heavy atom. The van der Waals surface area contributed by atoms with Crippen LogP contribution in [-0.4, -0.2) is 26.2 Å². The molecular weight excluding hydrogens is 268 g/mol. The highest BCUT2D eigenvalue weighted by molar-refractivity contribution is 5.76. The number of rotatable bonds is 6. The predicted molar refractivity (Wildman–Crippen MR) is 81.3 cm³/mol. The molecule has 0 radical (unpaired) electrons. The summed E-state index contributed by atoms with van der Waals surface area (Å²) in [6.07, 6.45) is 3.75. The first-order valence-corrected chi connectivity index (χ1v) is 7.37. The van der Waals surface area contributed by atoms with Crippen LogP contribution in [-0.2, 0) is 11.3 Å². The molecule has 1 aromatic carbocycles. The van der Waals surface area contributed by atoms with Gasteiger partial charge in [-0.05, 0) is 36.5 Å². The molecule has 1 aliphatic rings. The lowest BCUT2D eigenvalue weighted by Gasteiger charge is -2.15. The number of methoxy groups -OCH3 is 2. The fourth-order valence-corrected chi connectivity index (χ4v) is 2.82. The number of amides is 1. The highest BCUT2D eigenvalue weighted by Crippen LogP contribution is 2.28. The standard InChI is InChI=1S/C16H24N2O3/c1-20-14-7-6-11(8-15(14)21-2)10-18-16(19)9-12-4-3-5-13(12)17/h6-8,12-13H,3-5,9-10,17H2,1-2H3,(H,18,19)/t12-,13+/m0/s1. The second-order valence-electron chi connectivity index (χ2n) is 5.53. The highest BCUT2D eigenvalue weighted by atomic mass is 16.5. The maximum Gasteiger partial charge on any atom is 0.220 e. The Kier molecular flexibility index (Phi) is 5.44.